The van der Waals surface area contributed by atoms with Crippen molar-refractivity contribution in [2.45, 2.75) is 58.5 Å². The topological polar surface area (TPSA) is 58.6 Å². The number of alkyl halides is 3. The van der Waals surface area contributed by atoms with Gasteiger partial charge in [0.1, 0.15) is 5.60 Å². The first-order valence-corrected chi connectivity index (χ1v) is 5.59. The van der Waals surface area contributed by atoms with Crippen molar-refractivity contribution in [2.24, 2.45) is 5.92 Å². The highest BCUT2D eigenvalue weighted by molar-refractivity contribution is 5.68. The molecule has 18 heavy (non-hydrogen) atoms. The molecule has 4 nitrogen and oxygen atoms in total. The van der Waals surface area contributed by atoms with Crippen molar-refractivity contribution in [1.29, 1.82) is 0 Å². The number of aliphatic hydroxyl groups excluding tert-OH is 1. The second-order valence-corrected chi connectivity index (χ2v) is 5.40. The molecule has 2 atom stereocenters. The summed E-state index contributed by atoms with van der Waals surface area (Å²) in [6, 6.07) is -1.44. The average molecular weight is 271 g/mol. The molecule has 0 heterocycles. The first-order chi connectivity index (χ1) is 7.84. The van der Waals surface area contributed by atoms with Gasteiger partial charge in [-0.15, -0.1) is 0 Å². The Bertz CT molecular complexity index is 284. The van der Waals surface area contributed by atoms with E-state index in [0.29, 0.717) is 0 Å². The molecule has 0 bridgehead atoms. The number of alkyl carbamates (subject to hydrolysis) is 1. The number of aliphatic hydroxyl groups is 1. The van der Waals surface area contributed by atoms with Crippen molar-refractivity contribution in [3.05, 3.63) is 0 Å². The molecule has 108 valence electrons. The third-order valence-electron chi connectivity index (χ3n) is 2.08. The molecule has 1 unspecified atom stereocenters. The number of hydrogen-bond donors (Lipinski definition) is 2. The summed E-state index contributed by atoms with van der Waals surface area (Å²) in [5.41, 5.74) is -0.811. The van der Waals surface area contributed by atoms with Crippen molar-refractivity contribution in [3.63, 3.8) is 0 Å². The summed E-state index contributed by atoms with van der Waals surface area (Å²) in [6.07, 6.45) is -8.39. The zero-order valence-electron chi connectivity index (χ0n) is 11.1. The summed E-state index contributed by atoms with van der Waals surface area (Å²) in [5.74, 6) is -0.589. The van der Waals surface area contributed by atoms with Gasteiger partial charge >= 0.3 is 12.3 Å². The molecule has 0 aliphatic carbocycles. The number of carbonyl (C=O) groups is 1. The second kappa shape index (κ2) is 5.77. The van der Waals surface area contributed by atoms with Crippen LogP contribution >= 0.6 is 0 Å². The molecule has 0 aliphatic heterocycles. The highest BCUT2D eigenvalue weighted by Crippen LogP contribution is 2.25. The summed E-state index contributed by atoms with van der Waals surface area (Å²) in [5, 5.41) is 11.2. The zero-order valence-corrected chi connectivity index (χ0v) is 11.1. The summed E-state index contributed by atoms with van der Waals surface area (Å²) in [4.78, 5) is 11.4. The van der Waals surface area contributed by atoms with Crippen LogP contribution in [0.3, 0.4) is 0 Å². The smallest absolute Gasteiger partial charge is 0.416 e. The zero-order chi connectivity index (χ0) is 14.7. The molecule has 0 saturated heterocycles. The number of rotatable bonds is 3. The van der Waals surface area contributed by atoms with Gasteiger partial charge in [0.25, 0.3) is 0 Å². The Morgan fingerprint density at radius 3 is 1.94 bits per heavy atom. The van der Waals surface area contributed by atoms with Gasteiger partial charge in [0, 0.05) is 0 Å². The van der Waals surface area contributed by atoms with Crippen LogP contribution in [0.1, 0.15) is 34.6 Å². The summed E-state index contributed by atoms with van der Waals surface area (Å²) in [6.45, 7) is 7.72. The van der Waals surface area contributed by atoms with Crippen molar-refractivity contribution < 1.29 is 27.8 Å². The highest BCUT2D eigenvalue weighted by atomic mass is 19.4. The van der Waals surface area contributed by atoms with Crippen LogP contribution in [0.5, 0.6) is 0 Å². The molecule has 0 aromatic rings. The minimum absolute atomic E-state index is 0.589. The molecule has 0 saturated carbocycles. The Kier molecular flexibility index (Phi) is 5.46. The van der Waals surface area contributed by atoms with Crippen LogP contribution in [0.4, 0.5) is 18.0 Å². The predicted molar refractivity (Wildman–Crippen MR) is 60.1 cm³/mol. The highest BCUT2D eigenvalue weighted by Gasteiger charge is 2.45. The molecule has 0 fully saturated rings. The molecule has 0 aromatic heterocycles. The minimum Gasteiger partial charge on any atom is -0.444 e. The Balaban J connectivity index is 4.70. The maximum atomic E-state index is 12.4. The minimum atomic E-state index is -4.79. The van der Waals surface area contributed by atoms with Crippen LogP contribution < -0.4 is 5.32 Å². The van der Waals surface area contributed by atoms with E-state index >= 15 is 0 Å². The lowest BCUT2D eigenvalue weighted by molar-refractivity contribution is -0.214. The van der Waals surface area contributed by atoms with Gasteiger partial charge in [-0.1, -0.05) is 13.8 Å². The molecular formula is C11H20F3NO3. The number of hydrogen-bond acceptors (Lipinski definition) is 3. The molecular weight excluding hydrogens is 251 g/mol. The lowest BCUT2D eigenvalue weighted by Crippen LogP contribution is -2.53. The van der Waals surface area contributed by atoms with E-state index in [2.05, 4.69) is 0 Å². The lowest BCUT2D eigenvalue weighted by Gasteiger charge is -2.30. The quantitative estimate of drug-likeness (QED) is 0.829. The second-order valence-electron chi connectivity index (χ2n) is 5.40. The molecule has 0 aromatic carbocycles. The third-order valence-corrected chi connectivity index (χ3v) is 2.08. The fourth-order valence-electron chi connectivity index (χ4n) is 1.26. The van der Waals surface area contributed by atoms with E-state index in [0.717, 1.165) is 0 Å². The van der Waals surface area contributed by atoms with Crippen LogP contribution in [-0.4, -0.2) is 35.1 Å². The van der Waals surface area contributed by atoms with Gasteiger partial charge in [0.2, 0.25) is 0 Å². The third kappa shape index (κ3) is 6.09. The Hall–Kier alpha value is -0.980. The van der Waals surface area contributed by atoms with Crippen LogP contribution in [0.25, 0.3) is 0 Å². The van der Waals surface area contributed by atoms with Gasteiger partial charge in [-0.25, -0.2) is 4.79 Å². The Morgan fingerprint density at radius 2 is 1.67 bits per heavy atom. The van der Waals surface area contributed by atoms with Gasteiger partial charge in [0.15, 0.2) is 6.10 Å². The molecule has 0 radical (unpaired) electrons. The standard InChI is InChI=1S/C11H20F3NO3/c1-6(2)7(8(16)11(12,13)14)15-9(17)18-10(3,4)5/h6-8,16H,1-5H3,(H,15,17)/t7-,8?/m0/s1. The van der Waals surface area contributed by atoms with E-state index in [-0.39, 0.29) is 0 Å². The lowest BCUT2D eigenvalue weighted by atomic mass is 9.98. The van der Waals surface area contributed by atoms with Crippen LogP contribution in [0.15, 0.2) is 0 Å². The van der Waals surface area contributed by atoms with Crippen molar-refractivity contribution in [1.82, 2.24) is 5.32 Å². The SMILES string of the molecule is CC(C)[C@H](NC(=O)OC(C)(C)C)C(O)C(F)(F)F. The van der Waals surface area contributed by atoms with E-state index in [1.54, 1.807) is 20.8 Å². The van der Waals surface area contributed by atoms with Crippen molar-refractivity contribution in [3.8, 4) is 0 Å². The van der Waals surface area contributed by atoms with Gasteiger partial charge < -0.3 is 15.2 Å². The van der Waals surface area contributed by atoms with Crippen molar-refractivity contribution in [2.75, 3.05) is 0 Å². The van der Waals surface area contributed by atoms with E-state index in [1.165, 1.54) is 13.8 Å². The molecule has 0 rings (SSSR count). The fourth-order valence-corrected chi connectivity index (χ4v) is 1.26. The maximum Gasteiger partial charge on any atom is 0.416 e. The maximum absolute atomic E-state index is 12.4. The molecule has 2 N–H and O–H groups in total. The molecule has 7 heteroatoms. The fraction of sp³-hybridized carbons (Fsp3) is 0.909. The van der Waals surface area contributed by atoms with Crippen molar-refractivity contribution >= 4 is 6.09 Å². The predicted octanol–water partition coefficient (Wildman–Crippen LogP) is 2.46. The first kappa shape index (κ1) is 17.0. The summed E-state index contributed by atoms with van der Waals surface area (Å²) < 4.78 is 42.1. The normalized spacial score (nSPS) is 16.3. The Morgan fingerprint density at radius 1 is 1.22 bits per heavy atom. The van der Waals surface area contributed by atoms with Gasteiger partial charge in [-0.3, -0.25) is 0 Å². The summed E-state index contributed by atoms with van der Waals surface area (Å²) >= 11 is 0. The average Bonchev–Trinajstić information content (AvgIpc) is 2.08. The van der Waals surface area contributed by atoms with E-state index in [9.17, 15) is 18.0 Å². The summed E-state index contributed by atoms with van der Waals surface area (Å²) in [7, 11) is 0. The number of halogens is 3. The monoisotopic (exact) mass is 271 g/mol. The van der Waals surface area contributed by atoms with E-state index in [1.807, 2.05) is 5.32 Å². The van der Waals surface area contributed by atoms with E-state index in [4.69, 9.17) is 9.84 Å². The van der Waals surface area contributed by atoms with E-state index < -0.39 is 35.9 Å². The Labute approximate surface area is 105 Å². The van der Waals surface area contributed by atoms with Crippen LogP contribution in [0, 0.1) is 5.92 Å². The number of ether oxygens (including phenoxy) is 1. The molecule has 0 spiro atoms. The van der Waals surface area contributed by atoms with Crippen LogP contribution in [-0.2, 0) is 4.74 Å². The van der Waals surface area contributed by atoms with Crippen LogP contribution in [0.2, 0.25) is 0 Å². The first-order valence-electron chi connectivity index (χ1n) is 5.59. The molecule has 1 amide bonds. The number of carbonyl (C=O) groups excluding carboxylic acids is 1. The number of amides is 1. The number of nitrogens with one attached hydrogen (secondary N) is 1. The van der Waals surface area contributed by atoms with Gasteiger partial charge in [-0.05, 0) is 26.7 Å². The van der Waals surface area contributed by atoms with Gasteiger partial charge in [-0.2, -0.15) is 13.2 Å². The molecule has 0 aliphatic rings. The van der Waals surface area contributed by atoms with Gasteiger partial charge in [0.05, 0.1) is 6.04 Å². The largest absolute Gasteiger partial charge is 0.444 e.